The summed E-state index contributed by atoms with van der Waals surface area (Å²) in [5, 5.41) is 2.94. The Bertz CT molecular complexity index is 646. The van der Waals surface area contributed by atoms with Crippen LogP contribution in [-0.2, 0) is 17.1 Å². The third-order valence-electron chi connectivity index (χ3n) is 3.52. The molecule has 1 amide bonds. The first-order chi connectivity index (χ1) is 11.7. The molecule has 0 aliphatic carbocycles. The van der Waals surface area contributed by atoms with Crippen LogP contribution in [0.15, 0.2) is 48.5 Å². The molecule has 0 spiro atoms. The molecular weight excluding hydrogens is 322 g/mol. The van der Waals surface area contributed by atoms with Crippen LogP contribution in [0, 0.1) is 0 Å². The molecule has 2 rings (SSSR count). The highest BCUT2D eigenvalue weighted by molar-refractivity contribution is 7.98. The number of methoxy groups -OCH3 is 2. The maximum absolute atomic E-state index is 11.9. The second kappa shape index (κ2) is 9.88. The topological polar surface area (TPSA) is 47.6 Å². The number of carbonyl (C=O) groups excluding carboxylic acids is 1. The highest BCUT2D eigenvalue weighted by Gasteiger charge is 2.06. The fraction of sp³-hybridized carbons (Fsp3) is 0.316. The monoisotopic (exact) mass is 345 g/mol. The van der Waals surface area contributed by atoms with Gasteiger partial charge < -0.3 is 14.8 Å². The molecule has 2 aromatic rings. The molecule has 0 fully saturated rings. The van der Waals surface area contributed by atoms with Crippen molar-refractivity contribution < 1.29 is 14.3 Å². The molecule has 0 radical (unpaired) electrons. The Hall–Kier alpha value is -2.14. The van der Waals surface area contributed by atoms with E-state index in [-0.39, 0.29) is 5.91 Å². The van der Waals surface area contributed by atoms with Crippen molar-refractivity contribution in [3.05, 3.63) is 59.7 Å². The van der Waals surface area contributed by atoms with Crippen molar-refractivity contribution in [2.75, 3.05) is 20.0 Å². The number of nitrogens with one attached hydrogen (secondary N) is 1. The van der Waals surface area contributed by atoms with Gasteiger partial charge in [0.1, 0.15) is 0 Å². The first-order valence-electron chi connectivity index (χ1n) is 7.82. The minimum atomic E-state index is 0.0605. The lowest BCUT2D eigenvalue weighted by Gasteiger charge is -2.10. The molecule has 0 bridgehead atoms. The van der Waals surface area contributed by atoms with E-state index in [0.717, 1.165) is 17.1 Å². The standard InChI is InChI=1S/C19H23NO3S/c1-22-17-9-8-16(12-18(17)23-2)13-20-19(21)10-11-24-14-15-6-4-3-5-7-15/h3-9,12H,10-11,13-14H2,1-2H3,(H,20,21). The molecule has 0 saturated carbocycles. The van der Waals surface area contributed by atoms with Gasteiger partial charge in [0, 0.05) is 24.5 Å². The van der Waals surface area contributed by atoms with Crippen LogP contribution in [-0.4, -0.2) is 25.9 Å². The summed E-state index contributed by atoms with van der Waals surface area (Å²) in [5.41, 5.74) is 2.27. The zero-order chi connectivity index (χ0) is 17.2. The van der Waals surface area contributed by atoms with Gasteiger partial charge in [0.2, 0.25) is 5.91 Å². The molecule has 0 heterocycles. The Morgan fingerprint density at radius 2 is 1.75 bits per heavy atom. The van der Waals surface area contributed by atoms with E-state index in [1.165, 1.54) is 5.56 Å². The molecule has 0 aromatic heterocycles. The average Bonchev–Trinajstić information content (AvgIpc) is 2.64. The van der Waals surface area contributed by atoms with Crippen molar-refractivity contribution in [2.45, 2.75) is 18.7 Å². The number of amides is 1. The number of hydrogen-bond donors (Lipinski definition) is 1. The Morgan fingerprint density at radius 3 is 2.46 bits per heavy atom. The minimum Gasteiger partial charge on any atom is -0.493 e. The largest absolute Gasteiger partial charge is 0.493 e. The van der Waals surface area contributed by atoms with E-state index in [2.05, 4.69) is 17.4 Å². The Labute approximate surface area is 147 Å². The summed E-state index contributed by atoms with van der Waals surface area (Å²) < 4.78 is 10.5. The third kappa shape index (κ3) is 5.81. The van der Waals surface area contributed by atoms with Crippen molar-refractivity contribution in [2.24, 2.45) is 0 Å². The van der Waals surface area contributed by atoms with E-state index in [4.69, 9.17) is 9.47 Å². The normalized spacial score (nSPS) is 10.2. The molecule has 0 unspecified atom stereocenters. The zero-order valence-corrected chi connectivity index (χ0v) is 14.9. The summed E-state index contributed by atoms with van der Waals surface area (Å²) in [7, 11) is 3.20. The van der Waals surface area contributed by atoms with Crippen LogP contribution >= 0.6 is 11.8 Å². The molecule has 1 N–H and O–H groups in total. The predicted octanol–water partition coefficient (Wildman–Crippen LogP) is 3.64. The first kappa shape index (κ1) is 18.2. The van der Waals surface area contributed by atoms with Crippen molar-refractivity contribution in [3.63, 3.8) is 0 Å². The van der Waals surface area contributed by atoms with E-state index < -0.39 is 0 Å². The maximum Gasteiger partial charge on any atom is 0.221 e. The van der Waals surface area contributed by atoms with Gasteiger partial charge in [-0.3, -0.25) is 4.79 Å². The Morgan fingerprint density at radius 1 is 1.00 bits per heavy atom. The highest BCUT2D eigenvalue weighted by atomic mass is 32.2. The van der Waals surface area contributed by atoms with E-state index >= 15 is 0 Å². The molecule has 128 valence electrons. The molecule has 5 heteroatoms. The second-order valence-electron chi connectivity index (χ2n) is 5.25. The van der Waals surface area contributed by atoms with Gasteiger partial charge in [-0.15, -0.1) is 0 Å². The number of hydrogen-bond acceptors (Lipinski definition) is 4. The van der Waals surface area contributed by atoms with Gasteiger partial charge in [0.15, 0.2) is 11.5 Å². The lowest BCUT2D eigenvalue weighted by Crippen LogP contribution is -2.23. The van der Waals surface area contributed by atoms with Gasteiger partial charge in [-0.2, -0.15) is 11.8 Å². The Kier molecular flexibility index (Phi) is 7.49. The summed E-state index contributed by atoms with van der Waals surface area (Å²) in [6.45, 7) is 0.489. The van der Waals surface area contributed by atoms with Gasteiger partial charge in [0.05, 0.1) is 14.2 Å². The van der Waals surface area contributed by atoms with Crippen LogP contribution in [0.1, 0.15) is 17.5 Å². The van der Waals surface area contributed by atoms with Crippen molar-refractivity contribution in [1.82, 2.24) is 5.32 Å². The fourth-order valence-corrected chi connectivity index (χ4v) is 3.11. The number of ether oxygens (including phenoxy) is 2. The second-order valence-corrected chi connectivity index (χ2v) is 6.36. The van der Waals surface area contributed by atoms with Gasteiger partial charge in [-0.25, -0.2) is 0 Å². The third-order valence-corrected chi connectivity index (χ3v) is 4.55. The fourth-order valence-electron chi connectivity index (χ4n) is 2.21. The van der Waals surface area contributed by atoms with Gasteiger partial charge in [-0.1, -0.05) is 36.4 Å². The zero-order valence-electron chi connectivity index (χ0n) is 14.1. The predicted molar refractivity (Wildman–Crippen MR) is 98.6 cm³/mol. The van der Waals surface area contributed by atoms with Gasteiger partial charge in [-0.05, 0) is 23.3 Å². The SMILES string of the molecule is COc1ccc(CNC(=O)CCSCc2ccccc2)cc1OC. The number of rotatable bonds is 9. The van der Waals surface area contributed by atoms with E-state index in [1.54, 1.807) is 26.0 Å². The molecule has 0 aliphatic heterocycles. The first-order valence-corrected chi connectivity index (χ1v) is 8.97. The molecule has 0 saturated heterocycles. The summed E-state index contributed by atoms with van der Waals surface area (Å²) in [4.78, 5) is 11.9. The summed E-state index contributed by atoms with van der Waals surface area (Å²) in [6, 6.07) is 15.9. The average molecular weight is 345 g/mol. The lowest BCUT2D eigenvalue weighted by atomic mass is 10.2. The van der Waals surface area contributed by atoms with E-state index in [0.29, 0.717) is 24.5 Å². The van der Waals surface area contributed by atoms with E-state index in [1.807, 2.05) is 36.4 Å². The van der Waals surface area contributed by atoms with Crippen molar-refractivity contribution in [1.29, 1.82) is 0 Å². The Balaban J connectivity index is 1.69. The smallest absolute Gasteiger partial charge is 0.221 e. The van der Waals surface area contributed by atoms with Gasteiger partial charge >= 0.3 is 0 Å². The highest BCUT2D eigenvalue weighted by Crippen LogP contribution is 2.27. The van der Waals surface area contributed by atoms with Crippen molar-refractivity contribution >= 4 is 17.7 Å². The lowest BCUT2D eigenvalue weighted by molar-refractivity contribution is -0.120. The van der Waals surface area contributed by atoms with Gasteiger partial charge in [0.25, 0.3) is 0 Å². The van der Waals surface area contributed by atoms with Crippen LogP contribution in [0.5, 0.6) is 11.5 Å². The van der Waals surface area contributed by atoms with Crippen LogP contribution in [0.3, 0.4) is 0 Å². The minimum absolute atomic E-state index is 0.0605. The van der Waals surface area contributed by atoms with Crippen LogP contribution < -0.4 is 14.8 Å². The van der Waals surface area contributed by atoms with Crippen LogP contribution in [0.25, 0.3) is 0 Å². The molecular formula is C19H23NO3S. The number of benzene rings is 2. The molecule has 24 heavy (non-hydrogen) atoms. The molecule has 0 atom stereocenters. The molecule has 2 aromatic carbocycles. The molecule has 4 nitrogen and oxygen atoms in total. The van der Waals surface area contributed by atoms with Crippen LogP contribution in [0.2, 0.25) is 0 Å². The maximum atomic E-state index is 11.9. The van der Waals surface area contributed by atoms with E-state index in [9.17, 15) is 4.79 Å². The summed E-state index contributed by atoms with van der Waals surface area (Å²) in [6.07, 6.45) is 0.519. The number of thioether (sulfide) groups is 1. The molecule has 0 aliphatic rings. The quantitative estimate of drug-likeness (QED) is 0.705. The summed E-state index contributed by atoms with van der Waals surface area (Å²) >= 11 is 1.77. The van der Waals surface area contributed by atoms with Crippen LogP contribution in [0.4, 0.5) is 0 Å². The number of carbonyl (C=O) groups is 1. The van der Waals surface area contributed by atoms with Crippen molar-refractivity contribution in [3.8, 4) is 11.5 Å². The summed E-state index contributed by atoms with van der Waals surface area (Å²) in [5.74, 6) is 3.16.